The molecule has 0 bridgehead atoms. The number of nitrogens with one attached hydrogen (secondary N) is 2. The Morgan fingerprint density at radius 1 is 1.42 bits per heavy atom. The van der Waals surface area contributed by atoms with E-state index in [1.54, 1.807) is 5.51 Å². The highest BCUT2D eigenvalue weighted by Gasteiger charge is 2.11. The van der Waals surface area contributed by atoms with Crippen LogP contribution in [0.4, 0.5) is 5.69 Å². The van der Waals surface area contributed by atoms with Gasteiger partial charge in [-0.05, 0) is 30.2 Å². The largest absolute Gasteiger partial charge is 0.334 e. The summed E-state index contributed by atoms with van der Waals surface area (Å²) in [6.07, 6.45) is 0.950. The summed E-state index contributed by atoms with van der Waals surface area (Å²) in [7, 11) is 0. The summed E-state index contributed by atoms with van der Waals surface area (Å²) in [6.45, 7) is 2.09. The van der Waals surface area contributed by atoms with Crippen molar-refractivity contribution in [2.75, 3.05) is 5.32 Å². The maximum Gasteiger partial charge on any atom is 0.272 e. The van der Waals surface area contributed by atoms with Crippen LogP contribution < -0.4 is 5.32 Å². The number of fused-ring (bicyclic) bond motifs is 1. The van der Waals surface area contributed by atoms with Gasteiger partial charge in [0.05, 0.1) is 10.2 Å². The highest BCUT2D eigenvalue weighted by Crippen LogP contribution is 2.19. The minimum Gasteiger partial charge on any atom is -0.334 e. The molecular formula is C14H13N3OS. The Balaban J connectivity index is 1.82. The lowest BCUT2D eigenvalue weighted by molar-refractivity contribution is 0.102. The number of aromatic nitrogens is 2. The first kappa shape index (κ1) is 11.9. The standard InChI is InChI=1S/C14H13N3OS/c1-2-9-4-3-5-10(6-9)16-14(18)11-7-12-13(17-11)15-8-19-12/h3-8,17H,2H2,1H3,(H,16,18). The maximum atomic E-state index is 12.1. The third-order valence-corrected chi connectivity index (χ3v) is 3.74. The molecule has 0 aliphatic carbocycles. The van der Waals surface area contributed by atoms with Gasteiger partial charge in [-0.1, -0.05) is 19.1 Å². The average molecular weight is 271 g/mol. The van der Waals surface area contributed by atoms with E-state index >= 15 is 0 Å². The summed E-state index contributed by atoms with van der Waals surface area (Å²) in [4.78, 5) is 19.3. The summed E-state index contributed by atoms with van der Waals surface area (Å²) in [5.41, 5.74) is 5.07. The molecule has 0 spiro atoms. The Kier molecular flexibility index (Phi) is 3.05. The van der Waals surface area contributed by atoms with Crippen LogP contribution in [0.5, 0.6) is 0 Å². The molecule has 2 aromatic heterocycles. The van der Waals surface area contributed by atoms with Crippen molar-refractivity contribution in [1.82, 2.24) is 9.97 Å². The van der Waals surface area contributed by atoms with Crippen molar-refractivity contribution in [3.05, 3.63) is 47.1 Å². The van der Waals surface area contributed by atoms with Gasteiger partial charge in [0.15, 0.2) is 0 Å². The van der Waals surface area contributed by atoms with Crippen LogP contribution in [0.25, 0.3) is 10.3 Å². The van der Waals surface area contributed by atoms with Crippen LogP contribution in [0.3, 0.4) is 0 Å². The van der Waals surface area contributed by atoms with Gasteiger partial charge in [-0.2, -0.15) is 0 Å². The molecular weight excluding hydrogens is 258 g/mol. The number of aromatic amines is 1. The van der Waals surface area contributed by atoms with Crippen LogP contribution in [0, 0.1) is 0 Å². The lowest BCUT2D eigenvalue weighted by atomic mass is 10.1. The molecule has 5 heteroatoms. The zero-order valence-electron chi connectivity index (χ0n) is 10.4. The Morgan fingerprint density at radius 2 is 2.32 bits per heavy atom. The maximum absolute atomic E-state index is 12.1. The van der Waals surface area contributed by atoms with E-state index in [0.29, 0.717) is 5.69 Å². The first-order valence-electron chi connectivity index (χ1n) is 6.09. The number of carbonyl (C=O) groups excluding carboxylic acids is 1. The van der Waals surface area contributed by atoms with Gasteiger partial charge in [-0.25, -0.2) is 4.98 Å². The minimum atomic E-state index is -0.140. The van der Waals surface area contributed by atoms with E-state index in [2.05, 4.69) is 22.2 Å². The van der Waals surface area contributed by atoms with E-state index in [1.165, 1.54) is 16.9 Å². The molecule has 4 nitrogen and oxygen atoms in total. The van der Waals surface area contributed by atoms with Crippen molar-refractivity contribution < 1.29 is 4.79 Å². The van der Waals surface area contributed by atoms with Crippen molar-refractivity contribution in [2.24, 2.45) is 0 Å². The number of aryl methyl sites for hydroxylation is 1. The fraction of sp³-hybridized carbons (Fsp3) is 0.143. The van der Waals surface area contributed by atoms with Gasteiger partial charge in [-0.15, -0.1) is 11.3 Å². The van der Waals surface area contributed by atoms with Gasteiger partial charge in [-0.3, -0.25) is 4.79 Å². The number of anilines is 1. The van der Waals surface area contributed by atoms with Crippen LogP contribution in [-0.4, -0.2) is 15.9 Å². The number of rotatable bonds is 3. The van der Waals surface area contributed by atoms with Crippen molar-refractivity contribution in [1.29, 1.82) is 0 Å². The molecule has 0 aliphatic rings. The minimum absolute atomic E-state index is 0.140. The molecule has 3 rings (SSSR count). The zero-order chi connectivity index (χ0) is 13.2. The second kappa shape index (κ2) is 4.85. The highest BCUT2D eigenvalue weighted by molar-refractivity contribution is 7.16. The normalized spacial score (nSPS) is 10.8. The van der Waals surface area contributed by atoms with Gasteiger partial charge in [0.25, 0.3) is 5.91 Å². The monoisotopic (exact) mass is 271 g/mol. The number of thiazole rings is 1. The topological polar surface area (TPSA) is 57.8 Å². The number of H-pyrrole nitrogens is 1. The summed E-state index contributed by atoms with van der Waals surface area (Å²) >= 11 is 1.52. The van der Waals surface area contributed by atoms with E-state index in [4.69, 9.17) is 0 Å². The molecule has 0 saturated heterocycles. The molecule has 3 aromatic rings. The fourth-order valence-electron chi connectivity index (χ4n) is 1.94. The molecule has 2 N–H and O–H groups in total. The highest BCUT2D eigenvalue weighted by atomic mass is 32.1. The predicted octanol–water partition coefficient (Wildman–Crippen LogP) is 3.44. The van der Waals surface area contributed by atoms with Crippen LogP contribution >= 0.6 is 11.3 Å². The van der Waals surface area contributed by atoms with Gasteiger partial charge < -0.3 is 10.3 Å². The summed E-state index contributed by atoms with van der Waals surface area (Å²) < 4.78 is 0.993. The van der Waals surface area contributed by atoms with Gasteiger partial charge in [0, 0.05) is 5.69 Å². The third kappa shape index (κ3) is 2.37. The van der Waals surface area contributed by atoms with Gasteiger partial charge in [0.1, 0.15) is 11.3 Å². The van der Waals surface area contributed by atoms with Crippen molar-refractivity contribution in [2.45, 2.75) is 13.3 Å². The summed E-state index contributed by atoms with van der Waals surface area (Å²) in [5, 5.41) is 2.89. The van der Waals surface area contributed by atoms with E-state index in [-0.39, 0.29) is 5.91 Å². The number of carbonyl (C=O) groups is 1. The molecule has 0 radical (unpaired) electrons. The number of amides is 1. The van der Waals surface area contributed by atoms with Crippen molar-refractivity contribution in [3.8, 4) is 0 Å². The van der Waals surface area contributed by atoms with E-state index < -0.39 is 0 Å². The lowest BCUT2D eigenvalue weighted by Crippen LogP contribution is -2.12. The van der Waals surface area contributed by atoms with Crippen LogP contribution in [-0.2, 0) is 6.42 Å². The van der Waals surface area contributed by atoms with Crippen LogP contribution in [0.1, 0.15) is 23.0 Å². The van der Waals surface area contributed by atoms with E-state index in [9.17, 15) is 4.79 Å². The fourth-order valence-corrected chi connectivity index (χ4v) is 2.61. The summed E-state index contributed by atoms with van der Waals surface area (Å²) in [5.74, 6) is -0.140. The number of hydrogen-bond donors (Lipinski definition) is 2. The molecule has 0 unspecified atom stereocenters. The molecule has 0 saturated carbocycles. The Labute approximate surface area is 114 Å². The third-order valence-electron chi connectivity index (χ3n) is 2.96. The summed E-state index contributed by atoms with van der Waals surface area (Å²) in [6, 6.07) is 9.70. The van der Waals surface area contributed by atoms with Gasteiger partial charge >= 0.3 is 0 Å². The molecule has 2 heterocycles. The second-order valence-electron chi connectivity index (χ2n) is 4.26. The molecule has 0 fully saturated rings. The molecule has 0 aliphatic heterocycles. The second-order valence-corrected chi connectivity index (χ2v) is 5.14. The van der Waals surface area contributed by atoms with E-state index in [0.717, 1.165) is 22.5 Å². The van der Waals surface area contributed by atoms with E-state index in [1.807, 2.05) is 30.3 Å². The molecule has 19 heavy (non-hydrogen) atoms. The Hall–Kier alpha value is -2.14. The Morgan fingerprint density at radius 3 is 3.11 bits per heavy atom. The number of benzene rings is 1. The molecule has 0 atom stereocenters. The SMILES string of the molecule is CCc1cccc(NC(=O)c2cc3scnc3[nH]2)c1. The molecule has 1 aromatic carbocycles. The van der Waals surface area contributed by atoms with Crippen molar-refractivity contribution in [3.63, 3.8) is 0 Å². The van der Waals surface area contributed by atoms with Gasteiger partial charge in [0.2, 0.25) is 0 Å². The smallest absolute Gasteiger partial charge is 0.272 e. The van der Waals surface area contributed by atoms with Crippen molar-refractivity contribution >= 4 is 33.3 Å². The first-order valence-corrected chi connectivity index (χ1v) is 6.96. The zero-order valence-corrected chi connectivity index (χ0v) is 11.3. The molecule has 1 amide bonds. The van der Waals surface area contributed by atoms with Crippen LogP contribution in [0.15, 0.2) is 35.8 Å². The first-order chi connectivity index (χ1) is 9.26. The predicted molar refractivity (Wildman–Crippen MR) is 77.7 cm³/mol. The number of hydrogen-bond acceptors (Lipinski definition) is 3. The average Bonchev–Trinajstić information content (AvgIpc) is 2.99. The molecule has 96 valence electrons. The quantitative estimate of drug-likeness (QED) is 0.766. The number of nitrogens with zero attached hydrogens (tertiary/aromatic N) is 1. The van der Waals surface area contributed by atoms with Crippen LogP contribution in [0.2, 0.25) is 0 Å². The lowest BCUT2D eigenvalue weighted by Gasteiger charge is -2.05. The Bertz CT molecular complexity index is 700.